The number of halogens is 5. The number of nitrogens with one attached hydrogen (secondary N) is 1. The van der Waals surface area contributed by atoms with Crippen LogP contribution in [0.3, 0.4) is 0 Å². The molecule has 134 valence electrons. The van der Waals surface area contributed by atoms with Gasteiger partial charge in [0.05, 0.1) is 17.5 Å². The van der Waals surface area contributed by atoms with Crippen LogP contribution < -0.4 is 5.43 Å². The van der Waals surface area contributed by atoms with E-state index in [0.717, 1.165) is 11.8 Å². The highest BCUT2D eigenvalue weighted by atomic mass is 32.1. The average molecular weight is 383 g/mol. The van der Waals surface area contributed by atoms with Crippen LogP contribution in [0.25, 0.3) is 11.3 Å². The van der Waals surface area contributed by atoms with Crippen LogP contribution in [0.5, 0.6) is 0 Å². The van der Waals surface area contributed by atoms with Gasteiger partial charge in [-0.05, 0) is 6.07 Å². The number of benzene rings is 2. The van der Waals surface area contributed by atoms with Gasteiger partial charge in [-0.2, -0.15) is 18.3 Å². The first-order valence-corrected chi connectivity index (χ1v) is 8.09. The third-order valence-electron chi connectivity index (χ3n) is 3.33. The van der Waals surface area contributed by atoms with Crippen LogP contribution in [0, 0.1) is 11.6 Å². The van der Waals surface area contributed by atoms with Crippen molar-refractivity contribution in [3.63, 3.8) is 0 Å². The first-order chi connectivity index (χ1) is 12.3. The molecule has 0 aliphatic carbocycles. The van der Waals surface area contributed by atoms with Gasteiger partial charge in [0.2, 0.25) is 5.13 Å². The summed E-state index contributed by atoms with van der Waals surface area (Å²) in [6.07, 6.45) is -4.08. The van der Waals surface area contributed by atoms with Gasteiger partial charge in [-0.3, -0.25) is 5.43 Å². The van der Waals surface area contributed by atoms with Crippen LogP contribution in [-0.2, 0) is 6.18 Å². The Morgan fingerprint density at radius 3 is 2.46 bits per heavy atom. The summed E-state index contributed by atoms with van der Waals surface area (Å²) in [7, 11) is 0. The van der Waals surface area contributed by atoms with Crippen LogP contribution in [0.2, 0.25) is 0 Å². The van der Waals surface area contributed by atoms with Crippen molar-refractivity contribution < 1.29 is 22.0 Å². The van der Waals surface area contributed by atoms with Gasteiger partial charge in [-0.1, -0.05) is 30.3 Å². The van der Waals surface area contributed by atoms with E-state index >= 15 is 0 Å². The summed E-state index contributed by atoms with van der Waals surface area (Å²) in [6.45, 7) is 0. The van der Waals surface area contributed by atoms with Crippen molar-refractivity contribution in [2.24, 2.45) is 5.10 Å². The van der Waals surface area contributed by atoms with Crippen LogP contribution >= 0.6 is 11.3 Å². The summed E-state index contributed by atoms with van der Waals surface area (Å²) >= 11 is 1.22. The molecule has 0 saturated heterocycles. The molecule has 3 nitrogen and oxygen atoms in total. The molecule has 0 aliphatic rings. The Bertz CT molecular complexity index is 935. The van der Waals surface area contributed by atoms with Crippen LogP contribution in [-0.4, -0.2) is 11.2 Å². The Hall–Kier alpha value is -2.81. The van der Waals surface area contributed by atoms with Gasteiger partial charge in [0.15, 0.2) is 0 Å². The number of aromatic nitrogens is 1. The molecular weight excluding hydrogens is 373 g/mol. The fraction of sp³-hybridized carbons (Fsp3) is 0.0588. The summed E-state index contributed by atoms with van der Waals surface area (Å²) < 4.78 is 64.9. The molecule has 9 heteroatoms. The number of anilines is 1. The second-order valence-electron chi connectivity index (χ2n) is 5.13. The third kappa shape index (κ3) is 4.05. The summed E-state index contributed by atoms with van der Waals surface area (Å²) in [5, 5.41) is 5.82. The summed E-state index contributed by atoms with van der Waals surface area (Å²) in [5.74, 6) is -2.82. The third-order valence-corrected chi connectivity index (χ3v) is 4.08. The predicted molar refractivity (Wildman–Crippen MR) is 90.1 cm³/mol. The van der Waals surface area contributed by atoms with E-state index in [4.69, 9.17) is 0 Å². The number of nitrogens with zero attached hydrogens (tertiary/aromatic N) is 2. The Balaban J connectivity index is 1.76. The molecule has 1 N–H and O–H groups in total. The molecule has 26 heavy (non-hydrogen) atoms. The lowest BCUT2D eigenvalue weighted by atomic mass is 10.1. The van der Waals surface area contributed by atoms with Crippen molar-refractivity contribution in [1.82, 2.24) is 4.98 Å². The van der Waals surface area contributed by atoms with E-state index in [9.17, 15) is 22.0 Å². The minimum atomic E-state index is -4.92. The number of thiazole rings is 1. The lowest BCUT2D eigenvalue weighted by Crippen LogP contribution is -2.10. The standard InChI is InChI=1S/C17H10F5N3S/c18-13-7-14(19)12(17(20,21)22)6-11(13)8-23-25-16-24-15(9-26-16)10-4-2-1-3-5-10/h1-9H,(H,24,25). The normalized spacial score (nSPS) is 11.9. The predicted octanol–water partition coefficient (Wildman–Crippen LogP) is 5.55. The number of rotatable bonds is 4. The average Bonchev–Trinajstić information content (AvgIpc) is 3.05. The van der Waals surface area contributed by atoms with Crippen molar-refractivity contribution in [1.29, 1.82) is 0 Å². The Morgan fingerprint density at radius 1 is 1.04 bits per heavy atom. The van der Waals surface area contributed by atoms with Crippen molar-refractivity contribution in [3.05, 3.63) is 70.6 Å². The molecule has 0 bridgehead atoms. The summed E-state index contributed by atoms with van der Waals surface area (Å²) in [5.41, 5.74) is 2.05. The highest BCUT2D eigenvalue weighted by Gasteiger charge is 2.34. The zero-order valence-electron chi connectivity index (χ0n) is 12.9. The largest absolute Gasteiger partial charge is 0.419 e. The highest BCUT2D eigenvalue weighted by molar-refractivity contribution is 7.14. The van der Waals surface area contributed by atoms with Gasteiger partial charge >= 0.3 is 6.18 Å². The van der Waals surface area contributed by atoms with E-state index in [1.165, 1.54) is 11.3 Å². The summed E-state index contributed by atoms with van der Waals surface area (Å²) in [4.78, 5) is 4.26. The lowest BCUT2D eigenvalue weighted by molar-refractivity contribution is -0.140. The van der Waals surface area contributed by atoms with E-state index in [0.29, 0.717) is 16.9 Å². The molecule has 0 atom stereocenters. The molecule has 1 aromatic heterocycles. The van der Waals surface area contributed by atoms with E-state index in [-0.39, 0.29) is 6.07 Å². The molecule has 1 heterocycles. The fourth-order valence-corrected chi connectivity index (χ4v) is 2.77. The molecule has 0 aliphatic heterocycles. The van der Waals surface area contributed by atoms with Crippen LogP contribution in [0.15, 0.2) is 52.9 Å². The fourth-order valence-electron chi connectivity index (χ4n) is 2.11. The monoisotopic (exact) mass is 383 g/mol. The molecule has 0 saturated carbocycles. The highest BCUT2D eigenvalue weighted by Crippen LogP contribution is 2.32. The molecule has 0 fully saturated rings. The number of hydrogen-bond acceptors (Lipinski definition) is 4. The molecule has 0 unspecified atom stereocenters. The molecule has 0 radical (unpaired) electrons. The second-order valence-corrected chi connectivity index (χ2v) is 5.98. The van der Waals surface area contributed by atoms with Crippen LogP contribution in [0.1, 0.15) is 11.1 Å². The maximum atomic E-state index is 13.6. The number of hydrogen-bond donors (Lipinski definition) is 1. The van der Waals surface area contributed by atoms with E-state index in [1.807, 2.05) is 30.3 Å². The van der Waals surface area contributed by atoms with E-state index < -0.39 is 28.9 Å². The van der Waals surface area contributed by atoms with E-state index in [1.54, 1.807) is 5.38 Å². The quantitative estimate of drug-likeness (QED) is 0.364. The molecule has 3 rings (SSSR count). The Morgan fingerprint density at radius 2 is 1.77 bits per heavy atom. The zero-order chi connectivity index (χ0) is 18.7. The van der Waals surface area contributed by atoms with Crippen molar-refractivity contribution >= 4 is 22.7 Å². The summed E-state index contributed by atoms with van der Waals surface area (Å²) in [6, 6.07) is 9.87. The van der Waals surface area contributed by atoms with Gasteiger partial charge in [-0.25, -0.2) is 13.8 Å². The molecule has 0 amide bonds. The van der Waals surface area contributed by atoms with E-state index in [2.05, 4.69) is 15.5 Å². The Labute approximate surface area is 148 Å². The first-order valence-electron chi connectivity index (χ1n) is 7.21. The van der Waals surface area contributed by atoms with Gasteiger partial charge in [0.1, 0.15) is 11.6 Å². The maximum Gasteiger partial charge on any atom is 0.419 e. The molecule has 2 aromatic carbocycles. The van der Waals surface area contributed by atoms with Gasteiger partial charge in [-0.15, -0.1) is 11.3 Å². The van der Waals surface area contributed by atoms with Gasteiger partial charge in [0.25, 0.3) is 0 Å². The maximum absolute atomic E-state index is 13.6. The van der Waals surface area contributed by atoms with Gasteiger partial charge in [0, 0.05) is 22.6 Å². The van der Waals surface area contributed by atoms with Crippen LogP contribution in [0.4, 0.5) is 27.1 Å². The lowest BCUT2D eigenvalue weighted by Gasteiger charge is -2.09. The minimum absolute atomic E-state index is 0.182. The smallest absolute Gasteiger partial charge is 0.253 e. The minimum Gasteiger partial charge on any atom is -0.253 e. The second kappa shape index (κ2) is 7.20. The first kappa shape index (κ1) is 18.0. The zero-order valence-corrected chi connectivity index (χ0v) is 13.7. The number of hydrazone groups is 1. The molecule has 3 aromatic rings. The molecule has 0 spiro atoms. The van der Waals surface area contributed by atoms with Crippen molar-refractivity contribution in [2.75, 3.05) is 5.43 Å². The van der Waals surface area contributed by atoms with Gasteiger partial charge < -0.3 is 0 Å². The SMILES string of the molecule is Fc1cc(F)c(C(F)(F)F)cc1C=NNc1nc(-c2ccccc2)cs1. The molecular formula is C17H10F5N3S. The number of alkyl halides is 3. The topological polar surface area (TPSA) is 37.3 Å². The van der Waals surface area contributed by atoms with Crippen molar-refractivity contribution in [3.8, 4) is 11.3 Å². The Kier molecular flexibility index (Phi) is 4.99. The van der Waals surface area contributed by atoms with Crippen molar-refractivity contribution in [2.45, 2.75) is 6.18 Å².